The van der Waals surface area contributed by atoms with Crippen LogP contribution in [0.3, 0.4) is 0 Å². The lowest BCUT2D eigenvalue weighted by molar-refractivity contribution is -0.128. The van der Waals surface area contributed by atoms with Crippen LogP contribution in [-0.2, 0) is 4.79 Å². The monoisotopic (exact) mass is 368 g/mol. The standard InChI is InChI=1S/C19H17FN4O3/c1-12(27-15-9-7-14(20)8-10-15)18(25)23-24-19(26)17-11-16(21-22-17)13-5-3-2-4-6-13/h2-12H,1H3,(H,21,22)(H,23,25)(H,24,26). The molecule has 0 saturated carbocycles. The Morgan fingerprint density at radius 3 is 2.48 bits per heavy atom. The van der Waals surface area contributed by atoms with Gasteiger partial charge in [-0.05, 0) is 37.3 Å². The summed E-state index contributed by atoms with van der Waals surface area (Å²) in [5, 5.41) is 6.70. The summed E-state index contributed by atoms with van der Waals surface area (Å²) in [6.07, 6.45) is -0.891. The average Bonchev–Trinajstić information content (AvgIpc) is 3.18. The van der Waals surface area contributed by atoms with Crippen LogP contribution in [0, 0.1) is 5.82 Å². The highest BCUT2D eigenvalue weighted by Gasteiger charge is 2.17. The van der Waals surface area contributed by atoms with E-state index >= 15 is 0 Å². The summed E-state index contributed by atoms with van der Waals surface area (Å²) >= 11 is 0. The number of benzene rings is 2. The Hall–Kier alpha value is -3.68. The molecule has 0 saturated heterocycles. The Bertz CT molecular complexity index is 926. The number of nitrogens with zero attached hydrogens (tertiary/aromatic N) is 1. The second kappa shape index (κ2) is 8.13. The van der Waals surface area contributed by atoms with E-state index in [9.17, 15) is 14.0 Å². The quantitative estimate of drug-likeness (QED) is 0.603. The van der Waals surface area contributed by atoms with Gasteiger partial charge in [-0.3, -0.25) is 25.5 Å². The lowest BCUT2D eigenvalue weighted by Crippen LogP contribution is -2.47. The minimum atomic E-state index is -0.891. The minimum absolute atomic E-state index is 0.196. The van der Waals surface area contributed by atoms with Gasteiger partial charge in [0, 0.05) is 5.56 Å². The predicted octanol–water partition coefficient (Wildman–Crippen LogP) is 2.44. The maximum atomic E-state index is 12.9. The third-order valence-corrected chi connectivity index (χ3v) is 3.69. The number of amides is 2. The summed E-state index contributed by atoms with van der Waals surface area (Å²) < 4.78 is 18.3. The van der Waals surface area contributed by atoms with Crippen LogP contribution >= 0.6 is 0 Å². The zero-order valence-corrected chi connectivity index (χ0v) is 14.4. The van der Waals surface area contributed by atoms with E-state index in [0.717, 1.165) is 5.56 Å². The Morgan fingerprint density at radius 1 is 1.07 bits per heavy atom. The van der Waals surface area contributed by atoms with Crippen molar-refractivity contribution in [3.63, 3.8) is 0 Å². The van der Waals surface area contributed by atoms with E-state index in [1.165, 1.54) is 31.2 Å². The molecule has 0 aliphatic rings. The van der Waals surface area contributed by atoms with E-state index in [1.54, 1.807) is 6.07 Å². The number of nitrogens with one attached hydrogen (secondary N) is 3. The molecule has 8 heteroatoms. The maximum Gasteiger partial charge on any atom is 0.287 e. The average molecular weight is 368 g/mol. The first-order chi connectivity index (χ1) is 13.0. The molecular weight excluding hydrogens is 351 g/mol. The van der Waals surface area contributed by atoms with Crippen LogP contribution in [0.1, 0.15) is 17.4 Å². The van der Waals surface area contributed by atoms with Crippen molar-refractivity contribution >= 4 is 11.8 Å². The zero-order chi connectivity index (χ0) is 19.2. The molecule has 0 bridgehead atoms. The smallest absolute Gasteiger partial charge is 0.287 e. The van der Waals surface area contributed by atoms with Crippen LogP contribution in [0.25, 0.3) is 11.3 Å². The van der Waals surface area contributed by atoms with E-state index in [0.29, 0.717) is 11.4 Å². The molecule has 27 heavy (non-hydrogen) atoms. The number of aromatic nitrogens is 2. The van der Waals surface area contributed by atoms with Crippen LogP contribution in [0.4, 0.5) is 4.39 Å². The molecule has 0 fully saturated rings. The number of hydrogen-bond acceptors (Lipinski definition) is 4. The molecule has 1 heterocycles. The van der Waals surface area contributed by atoms with Crippen LogP contribution in [0.2, 0.25) is 0 Å². The van der Waals surface area contributed by atoms with Gasteiger partial charge in [0.05, 0.1) is 5.69 Å². The molecule has 3 N–H and O–H groups in total. The molecule has 1 aromatic heterocycles. The van der Waals surface area contributed by atoms with E-state index in [-0.39, 0.29) is 5.69 Å². The van der Waals surface area contributed by atoms with Crippen molar-refractivity contribution in [3.8, 4) is 17.0 Å². The van der Waals surface area contributed by atoms with E-state index in [2.05, 4.69) is 21.0 Å². The summed E-state index contributed by atoms with van der Waals surface area (Å²) in [6, 6.07) is 16.2. The van der Waals surface area contributed by atoms with Crippen molar-refractivity contribution in [2.24, 2.45) is 0 Å². The van der Waals surface area contributed by atoms with Crippen molar-refractivity contribution in [2.45, 2.75) is 13.0 Å². The Labute approximate surface area is 154 Å². The summed E-state index contributed by atoms with van der Waals surface area (Å²) in [6.45, 7) is 1.51. The molecule has 2 amide bonds. The van der Waals surface area contributed by atoms with Crippen molar-refractivity contribution in [3.05, 3.63) is 72.2 Å². The number of halogens is 1. The first-order valence-electron chi connectivity index (χ1n) is 8.16. The van der Waals surface area contributed by atoms with Crippen molar-refractivity contribution < 1.29 is 18.7 Å². The van der Waals surface area contributed by atoms with Crippen molar-refractivity contribution in [2.75, 3.05) is 0 Å². The van der Waals surface area contributed by atoms with Gasteiger partial charge in [0.2, 0.25) is 0 Å². The number of carbonyl (C=O) groups excluding carboxylic acids is 2. The van der Waals surface area contributed by atoms with Gasteiger partial charge in [0.1, 0.15) is 17.3 Å². The molecule has 3 aromatic rings. The molecule has 0 radical (unpaired) electrons. The van der Waals surface area contributed by atoms with E-state index in [1.807, 2.05) is 30.3 Å². The van der Waals surface area contributed by atoms with Gasteiger partial charge in [-0.2, -0.15) is 5.10 Å². The molecular formula is C19H17FN4O3. The number of carbonyl (C=O) groups is 2. The van der Waals surface area contributed by atoms with Crippen LogP contribution < -0.4 is 15.6 Å². The van der Waals surface area contributed by atoms with Gasteiger partial charge in [-0.25, -0.2) is 4.39 Å². The van der Waals surface area contributed by atoms with E-state index < -0.39 is 23.7 Å². The van der Waals surface area contributed by atoms with Gasteiger partial charge in [-0.1, -0.05) is 30.3 Å². The highest BCUT2D eigenvalue weighted by Crippen LogP contribution is 2.16. The molecule has 1 unspecified atom stereocenters. The Balaban J connectivity index is 1.53. The second-order valence-corrected chi connectivity index (χ2v) is 5.69. The number of rotatable bonds is 5. The fourth-order valence-corrected chi connectivity index (χ4v) is 2.25. The lowest BCUT2D eigenvalue weighted by atomic mass is 10.1. The summed E-state index contributed by atoms with van der Waals surface area (Å²) in [5.41, 5.74) is 6.23. The first kappa shape index (κ1) is 18.1. The summed E-state index contributed by atoms with van der Waals surface area (Å²) in [5.74, 6) is -1.17. The number of ether oxygens (including phenoxy) is 1. The molecule has 1 atom stereocenters. The van der Waals surface area contributed by atoms with Gasteiger partial charge in [0.25, 0.3) is 11.8 Å². The third kappa shape index (κ3) is 4.69. The normalized spacial score (nSPS) is 11.5. The van der Waals surface area contributed by atoms with Gasteiger partial charge in [-0.15, -0.1) is 0 Å². The fraction of sp³-hybridized carbons (Fsp3) is 0.105. The minimum Gasteiger partial charge on any atom is -0.481 e. The second-order valence-electron chi connectivity index (χ2n) is 5.69. The molecule has 0 aliphatic heterocycles. The molecule has 3 rings (SSSR count). The predicted molar refractivity (Wildman–Crippen MR) is 96.1 cm³/mol. The van der Waals surface area contributed by atoms with Crippen LogP contribution in [-0.4, -0.2) is 28.1 Å². The highest BCUT2D eigenvalue weighted by atomic mass is 19.1. The summed E-state index contributed by atoms with van der Waals surface area (Å²) in [7, 11) is 0. The largest absolute Gasteiger partial charge is 0.481 e. The van der Waals surface area contributed by atoms with Gasteiger partial charge >= 0.3 is 0 Å². The van der Waals surface area contributed by atoms with Crippen molar-refractivity contribution in [1.29, 1.82) is 0 Å². The first-order valence-corrected chi connectivity index (χ1v) is 8.16. The fourth-order valence-electron chi connectivity index (χ4n) is 2.25. The van der Waals surface area contributed by atoms with Crippen LogP contribution in [0.5, 0.6) is 5.75 Å². The molecule has 138 valence electrons. The molecule has 0 aliphatic carbocycles. The van der Waals surface area contributed by atoms with Gasteiger partial charge in [0.15, 0.2) is 6.10 Å². The molecule has 2 aromatic carbocycles. The van der Waals surface area contributed by atoms with Crippen LogP contribution in [0.15, 0.2) is 60.7 Å². The van der Waals surface area contributed by atoms with E-state index in [4.69, 9.17) is 4.74 Å². The molecule has 7 nitrogen and oxygen atoms in total. The van der Waals surface area contributed by atoms with Gasteiger partial charge < -0.3 is 4.74 Å². The Kier molecular flexibility index (Phi) is 5.46. The number of hydrogen-bond donors (Lipinski definition) is 3. The summed E-state index contributed by atoms with van der Waals surface area (Å²) in [4.78, 5) is 24.2. The lowest BCUT2D eigenvalue weighted by Gasteiger charge is -2.14. The highest BCUT2D eigenvalue weighted by molar-refractivity contribution is 5.95. The Morgan fingerprint density at radius 2 is 1.78 bits per heavy atom. The SMILES string of the molecule is CC(Oc1ccc(F)cc1)C(=O)NNC(=O)c1cc(-c2ccccc2)n[nH]1. The zero-order valence-electron chi connectivity index (χ0n) is 14.4. The number of H-pyrrole nitrogens is 1. The maximum absolute atomic E-state index is 12.9. The van der Waals surface area contributed by atoms with Crippen molar-refractivity contribution in [1.82, 2.24) is 21.0 Å². The number of hydrazine groups is 1. The molecule has 0 spiro atoms. The number of aromatic amines is 1. The third-order valence-electron chi connectivity index (χ3n) is 3.69. The topological polar surface area (TPSA) is 96.1 Å².